The number of aromatic nitrogens is 1. The molecule has 1 aliphatic heterocycles. The third-order valence-electron chi connectivity index (χ3n) is 5.69. The summed E-state index contributed by atoms with van der Waals surface area (Å²) in [6.45, 7) is 6.17. The lowest BCUT2D eigenvalue weighted by Crippen LogP contribution is -2.43. The number of piperidine rings is 1. The summed E-state index contributed by atoms with van der Waals surface area (Å²) in [5.74, 6) is -0.314. The third kappa shape index (κ3) is 5.11. The first kappa shape index (κ1) is 24.2. The smallest absolute Gasteiger partial charge is 0.298 e. The van der Waals surface area contributed by atoms with E-state index in [2.05, 4.69) is 10.3 Å². The predicted molar refractivity (Wildman–Crippen MR) is 126 cm³/mol. The fraction of sp³-hybridized carbons (Fsp3) is 0.435. The summed E-state index contributed by atoms with van der Waals surface area (Å²) in [5.41, 5.74) is 1.26. The van der Waals surface area contributed by atoms with E-state index in [4.69, 9.17) is 19.0 Å². The van der Waals surface area contributed by atoms with Crippen LogP contribution in [0, 0.1) is 5.82 Å². The summed E-state index contributed by atoms with van der Waals surface area (Å²) < 4.78 is 55.9. The Morgan fingerprint density at radius 2 is 1.82 bits per heavy atom. The molecular formula is C23H29FN4O5S. The largest absolute Gasteiger partial charge is 0.491 e. The van der Waals surface area contributed by atoms with Crippen molar-refractivity contribution >= 4 is 27.1 Å². The van der Waals surface area contributed by atoms with Crippen LogP contribution < -0.4 is 24.8 Å². The van der Waals surface area contributed by atoms with E-state index >= 15 is 0 Å². The maximum Gasteiger partial charge on any atom is 0.298 e. The highest BCUT2D eigenvalue weighted by Crippen LogP contribution is 2.34. The highest BCUT2D eigenvalue weighted by molar-refractivity contribution is 7.89. The van der Waals surface area contributed by atoms with Crippen molar-refractivity contribution in [2.24, 2.45) is 5.14 Å². The number of ether oxygens (including phenoxy) is 2. The zero-order valence-electron chi connectivity index (χ0n) is 19.2. The van der Waals surface area contributed by atoms with Crippen LogP contribution in [0.4, 0.5) is 10.4 Å². The summed E-state index contributed by atoms with van der Waals surface area (Å²) in [6, 6.07) is 8.29. The number of oxazole rings is 1. The van der Waals surface area contributed by atoms with Gasteiger partial charge in [0.15, 0.2) is 17.1 Å². The van der Waals surface area contributed by atoms with Crippen molar-refractivity contribution in [1.29, 1.82) is 0 Å². The Balaban J connectivity index is 1.78. The van der Waals surface area contributed by atoms with Gasteiger partial charge in [0.25, 0.3) is 6.01 Å². The number of halogens is 1. The van der Waals surface area contributed by atoms with E-state index in [9.17, 15) is 12.8 Å². The molecule has 2 heterocycles. The van der Waals surface area contributed by atoms with Crippen LogP contribution in [0.15, 0.2) is 39.6 Å². The standard InChI is InChI=1S/C23H29FN4O5S/c1-3-31-18-12-15(13-19(21(18)24)32-4-2)14-28(16-8-10-26-11-9-16)23-27-17-6-5-7-20(22(17)33-23)34(25,29)30/h5-7,12-13,16,26H,3-4,8-11,14H2,1-2H3,(H2,25,29,30). The average Bonchev–Trinajstić information content (AvgIpc) is 3.24. The summed E-state index contributed by atoms with van der Waals surface area (Å²) >= 11 is 0. The zero-order valence-corrected chi connectivity index (χ0v) is 20.0. The summed E-state index contributed by atoms with van der Waals surface area (Å²) in [7, 11) is -3.99. The van der Waals surface area contributed by atoms with Gasteiger partial charge < -0.3 is 24.1 Å². The topological polar surface area (TPSA) is 120 Å². The molecule has 1 fully saturated rings. The molecule has 0 amide bonds. The minimum Gasteiger partial charge on any atom is -0.491 e. The van der Waals surface area contributed by atoms with Crippen LogP contribution >= 0.6 is 0 Å². The number of anilines is 1. The number of primary sulfonamides is 1. The van der Waals surface area contributed by atoms with Crippen molar-refractivity contribution in [2.45, 2.75) is 44.2 Å². The Bertz CT molecular complexity index is 1230. The van der Waals surface area contributed by atoms with Gasteiger partial charge in [-0.05, 0) is 69.6 Å². The number of para-hydroxylation sites is 1. The van der Waals surface area contributed by atoms with E-state index in [0.717, 1.165) is 31.5 Å². The number of nitrogens with zero attached hydrogens (tertiary/aromatic N) is 2. The van der Waals surface area contributed by atoms with Gasteiger partial charge in [-0.3, -0.25) is 0 Å². The maximum absolute atomic E-state index is 14.8. The Kier molecular flexibility index (Phi) is 7.24. The Hall–Kier alpha value is -2.89. The van der Waals surface area contributed by atoms with Crippen LogP contribution in [0.25, 0.3) is 11.1 Å². The van der Waals surface area contributed by atoms with E-state index in [1.54, 1.807) is 38.1 Å². The Labute approximate surface area is 198 Å². The molecule has 0 atom stereocenters. The SMILES string of the molecule is CCOc1cc(CN(c2nc3cccc(S(N)(=O)=O)c3o2)C2CCNCC2)cc(OCC)c1F. The number of sulfonamides is 1. The molecule has 0 saturated carbocycles. The van der Waals surface area contributed by atoms with Gasteiger partial charge in [0.1, 0.15) is 10.4 Å². The molecule has 0 spiro atoms. The Morgan fingerprint density at radius 3 is 2.41 bits per heavy atom. The molecule has 2 aromatic carbocycles. The van der Waals surface area contributed by atoms with Crippen LogP contribution in [-0.2, 0) is 16.6 Å². The second-order valence-electron chi connectivity index (χ2n) is 8.03. The lowest BCUT2D eigenvalue weighted by molar-refractivity contribution is 0.291. The molecule has 4 rings (SSSR count). The number of hydrogen-bond acceptors (Lipinski definition) is 8. The van der Waals surface area contributed by atoms with E-state index < -0.39 is 15.8 Å². The van der Waals surface area contributed by atoms with E-state index in [1.165, 1.54) is 6.07 Å². The van der Waals surface area contributed by atoms with Crippen LogP contribution in [-0.4, -0.2) is 45.7 Å². The molecule has 1 saturated heterocycles. The molecule has 0 bridgehead atoms. The molecule has 0 aliphatic carbocycles. The monoisotopic (exact) mass is 492 g/mol. The molecule has 9 nitrogen and oxygen atoms in total. The van der Waals surface area contributed by atoms with Crippen molar-refractivity contribution < 1.29 is 26.7 Å². The first-order valence-electron chi connectivity index (χ1n) is 11.3. The lowest BCUT2D eigenvalue weighted by Gasteiger charge is -2.33. The van der Waals surface area contributed by atoms with Gasteiger partial charge >= 0.3 is 0 Å². The molecule has 3 N–H and O–H groups in total. The molecule has 3 aromatic rings. The zero-order chi connectivity index (χ0) is 24.3. The van der Waals surface area contributed by atoms with Crippen LogP contribution in [0.2, 0.25) is 0 Å². The van der Waals surface area contributed by atoms with E-state index in [-0.39, 0.29) is 34.0 Å². The fourth-order valence-corrected chi connectivity index (χ4v) is 4.84. The molecule has 184 valence electrons. The minimum atomic E-state index is -3.99. The molecule has 0 unspecified atom stereocenters. The number of fused-ring (bicyclic) bond motifs is 1. The van der Waals surface area contributed by atoms with Gasteiger partial charge in [0.2, 0.25) is 15.8 Å². The number of nitrogens with two attached hydrogens (primary N) is 1. The number of hydrogen-bond donors (Lipinski definition) is 2. The van der Waals surface area contributed by atoms with Gasteiger partial charge in [-0.15, -0.1) is 0 Å². The lowest BCUT2D eigenvalue weighted by atomic mass is 10.0. The summed E-state index contributed by atoms with van der Waals surface area (Å²) in [4.78, 5) is 6.44. The molecule has 0 radical (unpaired) electrons. The highest BCUT2D eigenvalue weighted by Gasteiger charge is 2.28. The molecule has 11 heteroatoms. The van der Waals surface area contributed by atoms with E-state index in [0.29, 0.717) is 25.3 Å². The van der Waals surface area contributed by atoms with Crippen molar-refractivity contribution in [3.8, 4) is 11.5 Å². The summed E-state index contributed by atoms with van der Waals surface area (Å²) in [5, 5.41) is 8.71. The van der Waals surface area contributed by atoms with Gasteiger partial charge in [0, 0.05) is 12.6 Å². The number of benzene rings is 2. The van der Waals surface area contributed by atoms with Crippen molar-refractivity contribution in [1.82, 2.24) is 10.3 Å². The predicted octanol–water partition coefficient (Wildman–Crippen LogP) is 3.17. The van der Waals surface area contributed by atoms with Crippen molar-refractivity contribution in [2.75, 3.05) is 31.2 Å². The van der Waals surface area contributed by atoms with Crippen LogP contribution in [0.3, 0.4) is 0 Å². The third-order valence-corrected chi connectivity index (χ3v) is 6.62. The average molecular weight is 493 g/mol. The van der Waals surface area contributed by atoms with Crippen molar-refractivity contribution in [3.05, 3.63) is 41.7 Å². The van der Waals surface area contributed by atoms with Crippen LogP contribution in [0.1, 0.15) is 32.3 Å². The second-order valence-corrected chi connectivity index (χ2v) is 9.56. The number of nitrogens with one attached hydrogen (secondary N) is 1. The van der Waals surface area contributed by atoms with Gasteiger partial charge in [0.05, 0.1) is 13.2 Å². The fourth-order valence-electron chi connectivity index (χ4n) is 4.17. The van der Waals surface area contributed by atoms with Gasteiger partial charge in [-0.1, -0.05) is 6.07 Å². The normalized spacial score (nSPS) is 14.9. The summed E-state index contributed by atoms with van der Waals surface area (Å²) in [6.07, 6.45) is 1.66. The number of rotatable bonds is 9. The highest BCUT2D eigenvalue weighted by atomic mass is 32.2. The first-order chi connectivity index (χ1) is 16.3. The molecule has 1 aromatic heterocycles. The van der Waals surface area contributed by atoms with E-state index in [1.807, 2.05) is 4.90 Å². The molecule has 1 aliphatic rings. The maximum atomic E-state index is 14.8. The molecule has 34 heavy (non-hydrogen) atoms. The van der Waals surface area contributed by atoms with Crippen molar-refractivity contribution in [3.63, 3.8) is 0 Å². The molecular weight excluding hydrogens is 463 g/mol. The van der Waals surface area contributed by atoms with Crippen LogP contribution in [0.5, 0.6) is 11.5 Å². The Morgan fingerprint density at radius 1 is 1.18 bits per heavy atom. The quantitative estimate of drug-likeness (QED) is 0.467. The second kappa shape index (κ2) is 10.2. The van der Waals surface area contributed by atoms with Gasteiger partial charge in [-0.2, -0.15) is 9.37 Å². The van der Waals surface area contributed by atoms with Gasteiger partial charge in [-0.25, -0.2) is 13.6 Å². The minimum absolute atomic E-state index is 0.0726. The first-order valence-corrected chi connectivity index (χ1v) is 12.8.